The molecule has 0 spiro atoms. The SMILES string of the molecule is COCCCSc1ccc(Cl)cc1CNCC(C)C. The van der Waals surface area contributed by atoms with Crippen molar-refractivity contribution in [2.75, 3.05) is 26.0 Å². The van der Waals surface area contributed by atoms with Gasteiger partial charge in [0.1, 0.15) is 0 Å². The van der Waals surface area contributed by atoms with Gasteiger partial charge in [-0.1, -0.05) is 25.4 Å². The first kappa shape index (κ1) is 16.8. The van der Waals surface area contributed by atoms with Gasteiger partial charge in [-0.15, -0.1) is 11.8 Å². The monoisotopic (exact) mass is 301 g/mol. The second kappa shape index (κ2) is 9.65. The van der Waals surface area contributed by atoms with Crippen LogP contribution in [0.3, 0.4) is 0 Å². The molecular formula is C15H24ClNOS. The van der Waals surface area contributed by atoms with E-state index in [9.17, 15) is 0 Å². The fraction of sp³-hybridized carbons (Fsp3) is 0.600. The maximum Gasteiger partial charge on any atom is 0.0470 e. The summed E-state index contributed by atoms with van der Waals surface area (Å²) in [4.78, 5) is 1.32. The van der Waals surface area contributed by atoms with E-state index in [1.165, 1.54) is 10.5 Å². The third-order valence-electron chi connectivity index (χ3n) is 2.64. The first-order chi connectivity index (χ1) is 9.13. The second-order valence-electron chi connectivity index (χ2n) is 4.97. The number of thioether (sulfide) groups is 1. The second-order valence-corrected chi connectivity index (χ2v) is 6.54. The summed E-state index contributed by atoms with van der Waals surface area (Å²) < 4.78 is 5.07. The number of methoxy groups -OCH3 is 1. The van der Waals surface area contributed by atoms with Crippen molar-refractivity contribution in [1.82, 2.24) is 5.32 Å². The molecule has 4 heteroatoms. The summed E-state index contributed by atoms with van der Waals surface area (Å²) in [6.07, 6.45) is 1.07. The number of benzene rings is 1. The molecule has 2 nitrogen and oxygen atoms in total. The van der Waals surface area contributed by atoms with Gasteiger partial charge in [0.2, 0.25) is 0 Å². The molecule has 0 aliphatic carbocycles. The highest BCUT2D eigenvalue weighted by Crippen LogP contribution is 2.26. The number of nitrogens with one attached hydrogen (secondary N) is 1. The first-order valence-corrected chi connectivity index (χ1v) is 8.10. The van der Waals surface area contributed by atoms with Gasteiger partial charge in [0.15, 0.2) is 0 Å². The van der Waals surface area contributed by atoms with E-state index in [1.54, 1.807) is 7.11 Å². The molecule has 1 aromatic carbocycles. The van der Waals surface area contributed by atoms with Crippen LogP contribution >= 0.6 is 23.4 Å². The van der Waals surface area contributed by atoms with Crippen LogP contribution in [0.2, 0.25) is 5.02 Å². The lowest BCUT2D eigenvalue weighted by Gasteiger charge is -2.12. The summed E-state index contributed by atoms with van der Waals surface area (Å²) in [5.74, 6) is 1.74. The average Bonchev–Trinajstić information content (AvgIpc) is 2.36. The molecule has 0 saturated heterocycles. The molecule has 0 fully saturated rings. The Hall–Kier alpha value is -0.220. The van der Waals surface area contributed by atoms with Crippen LogP contribution in [0.25, 0.3) is 0 Å². The number of hydrogen-bond acceptors (Lipinski definition) is 3. The Morgan fingerprint density at radius 3 is 2.84 bits per heavy atom. The summed E-state index contributed by atoms with van der Waals surface area (Å²) >= 11 is 7.96. The van der Waals surface area contributed by atoms with Crippen LogP contribution in [-0.2, 0) is 11.3 Å². The van der Waals surface area contributed by atoms with E-state index in [4.69, 9.17) is 16.3 Å². The van der Waals surface area contributed by atoms with Crippen LogP contribution in [0.4, 0.5) is 0 Å². The van der Waals surface area contributed by atoms with Gasteiger partial charge in [0.25, 0.3) is 0 Å². The molecule has 1 rings (SSSR count). The molecule has 19 heavy (non-hydrogen) atoms. The van der Waals surface area contributed by atoms with Crippen LogP contribution in [0.5, 0.6) is 0 Å². The molecule has 0 aliphatic rings. The van der Waals surface area contributed by atoms with Gasteiger partial charge in [-0.05, 0) is 42.6 Å². The third kappa shape index (κ3) is 7.21. The van der Waals surface area contributed by atoms with E-state index in [0.29, 0.717) is 5.92 Å². The Bertz CT molecular complexity index is 371. The standard InChI is InChI=1S/C15H24ClNOS/c1-12(2)10-17-11-13-9-14(16)5-6-15(13)19-8-4-7-18-3/h5-6,9,12,17H,4,7-8,10-11H2,1-3H3. The summed E-state index contributed by atoms with van der Waals surface area (Å²) in [5, 5.41) is 4.28. The number of rotatable bonds is 9. The van der Waals surface area contributed by atoms with Gasteiger partial charge in [0, 0.05) is 35.9 Å². The third-order valence-corrected chi connectivity index (χ3v) is 4.08. The van der Waals surface area contributed by atoms with Gasteiger partial charge in [-0.3, -0.25) is 0 Å². The van der Waals surface area contributed by atoms with Crippen LogP contribution in [0.15, 0.2) is 23.1 Å². The Labute approximate surface area is 126 Å². The van der Waals surface area contributed by atoms with Crippen LogP contribution in [0.1, 0.15) is 25.8 Å². The molecule has 0 aliphatic heterocycles. The predicted octanol–water partition coefficient (Wildman–Crippen LogP) is 4.21. The van der Waals surface area contributed by atoms with Crippen molar-refractivity contribution in [1.29, 1.82) is 0 Å². The summed E-state index contributed by atoms with van der Waals surface area (Å²) in [7, 11) is 1.74. The van der Waals surface area contributed by atoms with E-state index in [1.807, 2.05) is 17.8 Å². The zero-order valence-corrected chi connectivity index (χ0v) is 13.6. The zero-order valence-electron chi connectivity index (χ0n) is 12.0. The molecular weight excluding hydrogens is 278 g/mol. The van der Waals surface area contributed by atoms with Gasteiger partial charge in [-0.25, -0.2) is 0 Å². The van der Waals surface area contributed by atoms with Crippen molar-refractivity contribution < 1.29 is 4.74 Å². The highest BCUT2D eigenvalue weighted by atomic mass is 35.5. The molecule has 108 valence electrons. The molecule has 0 heterocycles. The molecule has 0 radical (unpaired) electrons. The van der Waals surface area contributed by atoms with Crippen LogP contribution < -0.4 is 5.32 Å². The molecule has 0 amide bonds. The largest absolute Gasteiger partial charge is 0.385 e. The van der Waals surface area contributed by atoms with Crippen molar-refractivity contribution in [3.63, 3.8) is 0 Å². The average molecular weight is 302 g/mol. The van der Waals surface area contributed by atoms with Crippen molar-refractivity contribution in [3.8, 4) is 0 Å². The zero-order chi connectivity index (χ0) is 14.1. The van der Waals surface area contributed by atoms with Crippen molar-refractivity contribution >= 4 is 23.4 Å². The summed E-state index contributed by atoms with van der Waals surface area (Å²) in [6, 6.07) is 6.14. The molecule has 1 N–H and O–H groups in total. The maximum atomic E-state index is 6.09. The van der Waals surface area contributed by atoms with Gasteiger partial charge in [0.05, 0.1) is 0 Å². The van der Waals surface area contributed by atoms with E-state index < -0.39 is 0 Å². The quantitative estimate of drug-likeness (QED) is 0.545. The molecule has 0 unspecified atom stereocenters. The van der Waals surface area contributed by atoms with Gasteiger partial charge >= 0.3 is 0 Å². The number of hydrogen-bond donors (Lipinski definition) is 1. The van der Waals surface area contributed by atoms with Crippen molar-refractivity contribution in [3.05, 3.63) is 28.8 Å². The van der Waals surface area contributed by atoms with Gasteiger partial charge < -0.3 is 10.1 Å². The van der Waals surface area contributed by atoms with Crippen LogP contribution in [0, 0.1) is 5.92 Å². The molecule has 0 aromatic heterocycles. The van der Waals surface area contributed by atoms with Crippen molar-refractivity contribution in [2.45, 2.75) is 31.7 Å². The highest BCUT2D eigenvalue weighted by Gasteiger charge is 2.05. The lowest BCUT2D eigenvalue weighted by atomic mass is 10.2. The number of ether oxygens (including phenoxy) is 1. The first-order valence-electron chi connectivity index (χ1n) is 6.74. The maximum absolute atomic E-state index is 6.09. The Kier molecular flexibility index (Phi) is 8.55. The Morgan fingerprint density at radius 1 is 1.37 bits per heavy atom. The topological polar surface area (TPSA) is 21.3 Å². The lowest BCUT2D eigenvalue weighted by molar-refractivity contribution is 0.200. The Morgan fingerprint density at radius 2 is 2.16 bits per heavy atom. The van der Waals surface area contributed by atoms with Gasteiger partial charge in [-0.2, -0.15) is 0 Å². The van der Waals surface area contributed by atoms with Crippen molar-refractivity contribution in [2.24, 2.45) is 5.92 Å². The van der Waals surface area contributed by atoms with E-state index in [0.717, 1.165) is 36.9 Å². The minimum atomic E-state index is 0.664. The minimum Gasteiger partial charge on any atom is -0.385 e. The Balaban J connectivity index is 2.53. The smallest absolute Gasteiger partial charge is 0.0470 e. The van der Waals surface area contributed by atoms with E-state index in [2.05, 4.69) is 31.3 Å². The van der Waals surface area contributed by atoms with E-state index >= 15 is 0 Å². The lowest BCUT2D eigenvalue weighted by Crippen LogP contribution is -2.19. The van der Waals surface area contributed by atoms with Crippen LogP contribution in [-0.4, -0.2) is 26.0 Å². The fourth-order valence-corrected chi connectivity index (χ4v) is 2.87. The summed E-state index contributed by atoms with van der Waals surface area (Å²) in [5.41, 5.74) is 1.29. The predicted molar refractivity (Wildman–Crippen MR) is 85.2 cm³/mol. The molecule has 1 aromatic rings. The fourth-order valence-electron chi connectivity index (χ4n) is 1.71. The number of halogens is 1. The minimum absolute atomic E-state index is 0.664. The molecule has 0 atom stereocenters. The normalized spacial score (nSPS) is 11.2. The molecule has 0 bridgehead atoms. The highest BCUT2D eigenvalue weighted by molar-refractivity contribution is 7.99. The molecule has 0 saturated carbocycles. The van der Waals surface area contributed by atoms with E-state index in [-0.39, 0.29) is 0 Å². The summed E-state index contributed by atoms with van der Waals surface area (Å²) in [6.45, 7) is 7.16.